The van der Waals surface area contributed by atoms with Gasteiger partial charge in [0.05, 0.1) is 38.0 Å². The van der Waals surface area contributed by atoms with Crippen molar-refractivity contribution in [2.24, 2.45) is 0 Å². The van der Waals surface area contributed by atoms with Gasteiger partial charge in [0.25, 0.3) is 0 Å². The number of fused-ring (bicyclic) bond motifs is 9. The van der Waals surface area contributed by atoms with Gasteiger partial charge in [0.2, 0.25) is 0 Å². The van der Waals surface area contributed by atoms with Gasteiger partial charge in [-0.3, -0.25) is 0 Å². The average molecular weight is 820 g/mol. The predicted octanol–water partition coefficient (Wildman–Crippen LogP) is 16.3. The molecule has 4 aromatic heterocycles. The summed E-state index contributed by atoms with van der Waals surface area (Å²) in [5.74, 6) is 0. The van der Waals surface area contributed by atoms with Gasteiger partial charge in [-0.1, -0.05) is 170 Å². The maximum Gasteiger partial charge on any atom is 0.0888 e. The predicted molar refractivity (Wildman–Crippen MR) is 268 cm³/mol. The molecule has 0 saturated carbocycles. The molecular weight excluding hydrogens is 783 g/mol. The van der Waals surface area contributed by atoms with Gasteiger partial charge in [0.1, 0.15) is 0 Å². The van der Waals surface area contributed by atoms with Gasteiger partial charge < -0.3 is 9.13 Å². The molecule has 4 heteroatoms. The minimum Gasteiger partial charge on any atom is -0.309 e. The summed E-state index contributed by atoms with van der Waals surface area (Å²) in [5.41, 5.74) is 15.9. The molecule has 294 valence electrons. The third kappa shape index (κ3) is 5.62. The number of rotatable bonds is 6. The van der Waals surface area contributed by atoms with E-state index in [2.05, 4.69) is 234 Å². The first-order valence-corrected chi connectivity index (χ1v) is 22.3. The third-order valence-electron chi connectivity index (χ3n) is 12.7. The van der Waals surface area contributed by atoms with E-state index in [4.69, 9.17) is 4.98 Å². The minimum atomic E-state index is 0.988. The van der Waals surface area contributed by atoms with Crippen LogP contribution in [0.4, 0.5) is 0 Å². The number of pyridine rings is 1. The lowest BCUT2D eigenvalue weighted by molar-refractivity contribution is 1.13. The van der Waals surface area contributed by atoms with E-state index in [1.54, 1.807) is 0 Å². The van der Waals surface area contributed by atoms with E-state index in [-0.39, 0.29) is 0 Å². The lowest BCUT2D eigenvalue weighted by Crippen LogP contribution is -2.00. The number of nitrogens with zero attached hydrogens (tertiary/aromatic N) is 3. The zero-order chi connectivity index (χ0) is 41.4. The van der Waals surface area contributed by atoms with Crippen molar-refractivity contribution in [2.75, 3.05) is 0 Å². The molecule has 0 aliphatic heterocycles. The number of thiophene rings is 1. The molecule has 63 heavy (non-hydrogen) atoms. The summed E-state index contributed by atoms with van der Waals surface area (Å²) < 4.78 is 6.06. The second kappa shape index (κ2) is 14.3. The second-order valence-corrected chi connectivity index (χ2v) is 17.3. The van der Waals surface area contributed by atoms with E-state index in [9.17, 15) is 0 Å². The molecule has 0 amide bonds. The largest absolute Gasteiger partial charge is 0.309 e. The Morgan fingerprint density at radius 3 is 1.33 bits per heavy atom. The molecule has 0 aliphatic carbocycles. The summed E-state index contributed by atoms with van der Waals surface area (Å²) in [6.45, 7) is 0. The lowest BCUT2D eigenvalue weighted by Gasteiger charge is -2.16. The number of hydrogen-bond acceptors (Lipinski definition) is 2. The van der Waals surface area contributed by atoms with Crippen LogP contribution >= 0.6 is 11.3 Å². The number of benzene rings is 9. The molecule has 13 rings (SSSR count). The van der Waals surface area contributed by atoms with Crippen molar-refractivity contribution in [1.29, 1.82) is 0 Å². The zero-order valence-electron chi connectivity index (χ0n) is 34.1. The fraction of sp³-hybridized carbons (Fsp3) is 0. The third-order valence-corrected chi connectivity index (χ3v) is 13.9. The number of aromatic nitrogens is 3. The normalized spacial score (nSPS) is 11.8. The van der Waals surface area contributed by atoms with E-state index < -0.39 is 0 Å². The molecule has 0 bridgehead atoms. The molecule has 0 radical (unpaired) electrons. The molecular formula is C59H37N3S. The van der Waals surface area contributed by atoms with E-state index in [1.165, 1.54) is 80.7 Å². The van der Waals surface area contributed by atoms with Crippen molar-refractivity contribution >= 4 is 75.9 Å². The molecule has 0 unspecified atom stereocenters. The van der Waals surface area contributed by atoms with Crippen molar-refractivity contribution in [3.05, 3.63) is 224 Å². The summed E-state index contributed by atoms with van der Waals surface area (Å²) in [5, 5.41) is 7.38. The highest BCUT2D eigenvalue weighted by Crippen LogP contribution is 2.50. The highest BCUT2D eigenvalue weighted by atomic mass is 32.1. The molecule has 4 heterocycles. The van der Waals surface area contributed by atoms with Gasteiger partial charge in [-0.25, -0.2) is 4.98 Å². The van der Waals surface area contributed by atoms with Crippen LogP contribution in [-0.4, -0.2) is 14.1 Å². The smallest absolute Gasteiger partial charge is 0.0888 e. The Balaban J connectivity index is 1.08. The Hall–Kier alpha value is -8.05. The molecule has 0 fully saturated rings. The lowest BCUT2D eigenvalue weighted by atomic mass is 9.95. The van der Waals surface area contributed by atoms with Gasteiger partial charge in [-0.05, 0) is 76.9 Å². The van der Waals surface area contributed by atoms with Crippen LogP contribution < -0.4 is 0 Å². The van der Waals surface area contributed by atoms with Gasteiger partial charge in [-0.2, -0.15) is 0 Å². The minimum absolute atomic E-state index is 0.988. The molecule has 0 spiro atoms. The maximum absolute atomic E-state index is 5.51. The van der Waals surface area contributed by atoms with Crippen molar-refractivity contribution in [1.82, 2.24) is 14.1 Å². The summed E-state index contributed by atoms with van der Waals surface area (Å²) in [6, 6.07) is 81.5. The van der Waals surface area contributed by atoms with Gasteiger partial charge in [0, 0.05) is 59.7 Å². The Labute approximate surface area is 368 Å². The van der Waals surface area contributed by atoms with Gasteiger partial charge >= 0.3 is 0 Å². The monoisotopic (exact) mass is 819 g/mol. The molecule has 9 aromatic carbocycles. The Kier molecular flexibility index (Phi) is 8.08. The summed E-state index contributed by atoms with van der Waals surface area (Å²) in [6.07, 6.45) is 0. The first-order valence-electron chi connectivity index (χ1n) is 21.5. The first-order chi connectivity index (χ1) is 31.3. The highest BCUT2D eigenvalue weighted by Gasteiger charge is 2.23. The Morgan fingerprint density at radius 2 is 0.778 bits per heavy atom. The fourth-order valence-corrected chi connectivity index (χ4v) is 11.3. The maximum atomic E-state index is 5.51. The molecule has 0 N–H and O–H groups in total. The second-order valence-electron chi connectivity index (χ2n) is 16.3. The van der Waals surface area contributed by atoms with Crippen LogP contribution in [0.25, 0.3) is 120 Å². The van der Waals surface area contributed by atoms with Crippen molar-refractivity contribution in [3.63, 3.8) is 0 Å². The average Bonchev–Trinajstić information content (AvgIpc) is 4.03. The van der Waals surface area contributed by atoms with Crippen LogP contribution in [0.1, 0.15) is 0 Å². The van der Waals surface area contributed by atoms with Crippen LogP contribution in [0.5, 0.6) is 0 Å². The van der Waals surface area contributed by atoms with Crippen LogP contribution in [0, 0.1) is 0 Å². The SMILES string of the molecule is c1ccc(-c2sc3c(-c4cccc(-c5cc(-n6c7ccccc7c7ccccc76)cc(-n6c7ccccc7c7ccccc76)c5)c4)nc4ccccc4c3c2-c2ccccc2)cc1. The van der Waals surface area contributed by atoms with Crippen molar-refractivity contribution in [3.8, 4) is 55.3 Å². The van der Waals surface area contributed by atoms with Crippen LogP contribution in [0.2, 0.25) is 0 Å². The van der Waals surface area contributed by atoms with Crippen LogP contribution in [0.15, 0.2) is 224 Å². The summed E-state index contributed by atoms with van der Waals surface area (Å²) >= 11 is 1.85. The van der Waals surface area contributed by atoms with Crippen LogP contribution in [0.3, 0.4) is 0 Å². The first kappa shape index (κ1) is 35.7. The standard InChI is InChI=1S/C59H37N3S/c1-3-18-38(19-4-1)55-56-49-28-7-12-29-50(49)60-57(59(56)63-58(55)39-20-5-2-6-21-39)41-23-17-22-40(34-41)42-35-43(61-51-30-13-8-24-45(51)46-25-9-14-31-52(46)61)37-44(36-42)62-53-32-15-10-26-47(53)48-27-11-16-33-54(48)62/h1-37H. The Bertz CT molecular complexity index is 3670. The fourth-order valence-electron chi connectivity index (χ4n) is 9.94. The van der Waals surface area contributed by atoms with Crippen molar-refractivity contribution in [2.45, 2.75) is 0 Å². The van der Waals surface area contributed by atoms with E-state index in [0.717, 1.165) is 39.3 Å². The van der Waals surface area contributed by atoms with Crippen LogP contribution in [-0.2, 0) is 0 Å². The number of hydrogen-bond donors (Lipinski definition) is 0. The zero-order valence-corrected chi connectivity index (χ0v) is 34.9. The van der Waals surface area contributed by atoms with E-state index >= 15 is 0 Å². The molecule has 3 nitrogen and oxygen atoms in total. The molecule has 0 saturated heterocycles. The Morgan fingerprint density at radius 1 is 0.333 bits per heavy atom. The summed E-state index contributed by atoms with van der Waals surface area (Å²) in [7, 11) is 0. The molecule has 0 aliphatic rings. The van der Waals surface area contributed by atoms with Gasteiger partial charge in [-0.15, -0.1) is 11.3 Å². The van der Waals surface area contributed by atoms with E-state index in [1.807, 2.05) is 11.3 Å². The molecule has 0 atom stereocenters. The molecule has 13 aromatic rings. The van der Waals surface area contributed by atoms with Gasteiger partial charge in [0.15, 0.2) is 0 Å². The highest BCUT2D eigenvalue weighted by molar-refractivity contribution is 7.23. The topological polar surface area (TPSA) is 22.8 Å². The van der Waals surface area contributed by atoms with Crippen molar-refractivity contribution < 1.29 is 0 Å². The summed E-state index contributed by atoms with van der Waals surface area (Å²) in [4.78, 5) is 6.76. The quantitative estimate of drug-likeness (QED) is 0.164. The number of para-hydroxylation sites is 5. The van der Waals surface area contributed by atoms with E-state index in [0.29, 0.717) is 0 Å².